The first-order chi connectivity index (χ1) is 6.81. The maximum absolute atomic E-state index is 10.4. The molecule has 0 unspecified atom stereocenters. The Morgan fingerprint density at radius 3 is 2.64 bits per heavy atom. The summed E-state index contributed by atoms with van der Waals surface area (Å²) in [6.07, 6.45) is 3.75. The number of carbonyl (C=O) groups is 1. The number of hydrogen-bond donors (Lipinski definition) is 1. The molecule has 70 valence electrons. The summed E-state index contributed by atoms with van der Waals surface area (Å²) < 4.78 is 4.91. The van der Waals surface area contributed by atoms with Gasteiger partial charge in [0, 0.05) is 5.56 Å². The van der Waals surface area contributed by atoms with Gasteiger partial charge in [0.15, 0.2) is 6.29 Å². The SMILES string of the molecule is O=Cc1ccc(-c2ccoc2)cc1O. The molecule has 0 saturated heterocycles. The van der Waals surface area contributed by atoms with Gasteiger partial charge in [0.25, 0.3) is 0 Å². The average molecular weight is 188 g/mol. The number of furan rings is 1. The normalized spacial score (nSPS) is 10.0. The number of phenolic OH excluding ortho intramolecular Hbond substituents is 1. The smallest absolute Gasteiger partial charge is 0.153 e. The summed E-state index contributed by atoms with van der Waals surface area (Å²) in [7, 11) is 0. The van der Waals surface area contributed by atoms with Gasteiger partial charge in [0.2, 0.25) is 0 Å². The van der Waals surface area contributed by atoms with Crippen molar-refractivity contribution in [1.82, 2.24) is 0 Å². The van der Waals surface area contributed by atoms with Gasteiger partial charge in [-0.2, -0.15) is 0 Å². The Kier molecular flexibility index (Phi) is 2.07. The first-order valence-electron chi connectivity index (χ1n) is 4.12. The molecule has 0 atom stereocenters. The second-order valence-corrected chi connectivity index (χ2v) is 2.90. The van der Waals surface area contributed by atoms with Gasteiger partial charge in [-0.3, -0.25) is 4.79 Å². The molecule has 0 amide bonds. The van der Waals surface area contributed by atoms with E-state index >= 15 is 0 Å². The van der Waals surface area contributed by atoms with Gasteiger partial charge >= 0.3 is 0 Å². The standard InChI is InChI=1S/C11H8O3/c12-6-9-2-1-8(5-11(9)13)10-3-4-14-7-10/h1-7,13H. The minimum absolute atomic E-state index is 0.0151. The lowest BCUT2D eigenvalue weighted by molar-refractivity contribution is 0.112. The second-order valence-electron chi connectivity index (χ2n) is 2.90. The molecular formula is C11H8O3. The van der Waals surface area contributed by atoms with E-state index in [9.17, 15) is 9.90 Å². The van der Waals surface area contributed by atoms with Crippen molar-refractivity contribution in [3.8, 4) is 16.9 Å². The van der Waals surface area contributed by atoms with Crippen molar-refractivity contribution < 1.29 is 14.3 Å². The fraction of sp³-hybridized carbons (Fsp3) is 0. The van der Waals surface area contributed by atoms with Crippen LogP contribution in [0.1, 0.15) is 10.4 Å². The van der Waals surface area contributed by atoms with Crippen LogP contribution in [0.5, 0.6) is 5.75 Å². The third-order valence-electron chi connectivity index (χ3n) is 2.01. The van der Waals surface area contributed by atoms with Crippen LogP contribution in [0, 0.1) is 0 Å². The van der Waals surface area contributed by atoms with Gasteiger partial charge < -0.3 is 9.52 Å². The molecule has 0 saturated carbocycles. The van der Waals surface area contributed by atoms with Crippen molar-refractivity contribution in [2.75, 3.05) is 0 Å². The Hall–Kier alpha value is -2.03. The Labute approximate surface area is 80.6 Å². The number of rotatable bonds is 2. The molecule has 2 aromatic rings. The van der Waals surface area contributed by atoms with E-state index in [1.807, 2.05) is 0 Å². The van der Waals surface area contributed by atoms with Gasteiger partial charge in [-0.05, 0) is 23.8 Å². The Morgan fingerprint density at radius 2 is 2.07 bits per heavy atom. The molecule has 1 aromatic heterocycles. The summed E-state index contributed by atoms with van der Waals surface area (Å²) in [5.74, 6) is -0.0151. The summed E-state index contributed by atoms with van der Waals surface area (Å²) in [5, 5.41) is 9.43. The van der Waals surface area contributed by atoms with Crippen LogP contribution in [0.2, 0.25) is 0 Å². The summed E-state index contributed by atoms with van der Waals surface area (Å²) in [6, 6.07) is 6.66. The molecule has 1 heterocycles. The Balaban J connectivity index is 2.48. The van der Waals surface area contributed by atoms with Crippen molar-refractivity contribution in [3.05, 3.63) is 42.4 Å². The molecule has 14 heavy (non-hydrogen) atoms. The minimum atomic E-state index is -0.0151. The number of aromatic hydroxyl groups is 1. The zero-order chi connectivity index (χ0) is 9.97. The lowest BCUT2D eigenvalue weighted by Gasteiger charge is -2.00. The van der Waals surface area contributed by atoms with E-state index in [1.54, 1.807) is 30.7 Å². The van der Waals surface area contributed by atoms with Crippen molar-refractivity contribution in [2.24, 2.45) is 0 Å². The first-order valence-corrected chi connectivity index (χ1v) is 4.12. The van der Waals surface area contributed by atoms with E-state index in [0.29, 0.717) is 6.29 Å². The molecule has 0 fully saturated rings. The predicted octanol–water partition coefficient (Wildman–Crippen LogP) is 2.46. The van der Waals surface area contributed by atoms with Gasteiger partial charge in [-0.1, -0.05) is 6.07 Å². The van der Waals surface area contributed by atoms with E-state index in [-0.39, 0.29) is 11.3 Å². The van der Waals surface area contributed by atoms with Gasteiger partial charge in [0.1, 0.15) is 5.75 Å². The zero-order valence-electron chi connectivity index (χ0n) is 7.31. The molecule has 0 spiro atoms. The average Bonchev–Trinajstić information content (AvgIpc) is 2.70. The quantitative estimate of drug-likeness (QED) is 0.736. The van der Waals surface area contributed by atoms with Crippen LogP contribution in [0.3, 0.4) is 0 Å². The maximum atomic E-state index is 10.4. The highest BCUT2D eigenvalue weighted by Gasteiger charge is 2.03. The molecule has 0 radical (unpaired) electrons. The number of benzene rings is 1. The van der Waals surface area contributed by atoms with Crippen LogP contribution >= 0.6 is 0 Å². The van der Waals surface area contributed by atoms with E-state index < -0.39 is 0 Å². The van der Waals surface area contributed by atoms with Gasteiger partial charge in [0.05, 0.1) is 18.1 Å². The third-order valence-corrected chi connectivity index (χ3v) is 2.01. The lowest BCUT2D eigenvalue weighted by atomic mass is 10.1. The lowest BCUT2D eigenvalue weighted by Crippen LogP contribution is -1.81. The van der Waals surface area contributed by atoms with Crippen LogP contribution in [-0.4, -0.2) is 11.4 Å². The molecular weight excluding hydrogens is 180 g/mol. The van der Waals surface area contributed by atoms with Crippen LogP contribution in [-0.2, 0) is 0 Å². The molecule has 3 nitrogen and oxygen atoms in total. The summed E-state index contributed by atoms with van der Waals surface area (Å²) in [4.78, 5) is 10.4. The van der Waals surface area contributed by atoms with Crippen LogP contribution < -0.4 is 0 Å². The van der Waals surface area contributed by atoms with Crippen molar-refractivity contribution in [2.45, 2.75) is 0 Å². The Bertz CT molecular complexity index is 444. The summed E-state index contributed by atoms with van der Waals surface area (Å²) in [6.45, 7) is 0. The van der Waals surface area contributed by atoms with Gasteiger partial charge in [-0.15, -0.1) is 0 Å². The van der Waals surface area contributed by atoms with Crippen molar-refractivity contribution in [1.29, 1.82) is 0 Å². The molecule has 1 aromatic carbocycles. The second kappa shape index (κ2) is 3.38. The monoisotopic (exact) mass is 188 g/mol. The van der Waals surface area contributed by atoms with E-state index in [4.69, 9.17) is 4.42 Å². The molecule has 0 aliphatic carbocycles. The topological polar surface area (TPSA) is 50.4 Å². The third kappa shape index (κ3) is 1.40. The zero-order valence-corrected chi connectivity index (χ0v) is 7.31. The molecule has 0 aliphatic heterocycles. The van der Waals surface area contributed by atoms with E-state index in [0.717, 1.165) is 11.1 Å². The van der Waals surface area contributed by atoms with E-state index in [2.05, 4.69) is 0 Å². The number of carbonyl (C=O) groups excluding carboxylic acids is 1. The first kappa shape index (κ1) is 8.56. The molecule has 0 bridgehead atoms. The van der Waals surface area contributed by atoms with Crippen LogP contribution in [0.25, 0.3) is 11.1 Å². The number of hydrogen-bond acceptors (Lipinski definition) is 3. The maximum Gasteiger partial charge on any atom is 0.153 e. The highest BCUT2D eigenvalue weighted by atomic mass is 16.3. The largest absolute Gasteiger partial charge is 0.507 e. The van der Waals surface area contributed by atoms with Crippen LogP contribution in [0.4, 0.5) is 0 Å². The molecule has 3 heteroatoms. The van der Waals surface area contributed by atoms with E-state index in [1.165, 1.54) is 6.07 Å². The number of aldehydes is 1. The minimum Gasteiger partial charge on any atom is -0.507 e. The van der Waals surface area contributed by atoms with Crippen molar-refractivity contribution >= 4 is 6.29 Å². The Morgan fingerprint density at radius 1 is 1.21 bits per heavy atom. The molecule has 2 rings (SSSR count). The predicted molar refractivity (Wildman–Crippen MR) is 51.2 cm³/mol. The summed E-state index contributed by atoms with van der Waals surface area (Å²) >= 11 is 0. The highest BCUT2D eigenvalue weighted by molar-refractivity contribution is 5.81. The van der Waals surface area contributed by atoms with Crippen molar-refractivity contribution in [3.63, 3.8) is 0 Å². The highest BCUT2D eigenvalue weighted by Crippen LogP contribution is 2.25. The molecule has 0 aliphatic rings. The summed E-state index contributed by atoms with van der Waals surface area (Å²) in [5.41, 5.74) is 1.98. The molecule has 1 N–H and O–H groups in total. The fourth-order valence-corrected chi connectivity index (χ4v) is 1.25. The van der Waals surface area contributed by atoms with Crippen LogP contribution in [0.15, 0.2) is 41.2 Å². The fourth-order valence-electron chi connectivity index (χ4n) is 1.25. The van der Waals surface area contributed by atoms with Gasteiger partial charge in [-0.25, -0.2) is 0 Å². The number of phenols is 1.